The highest BCUT2D eigenvalue weighted by Gasteiger charge is 2.19. The van der Waals surface area contributed by atoms with E-state index in [1.54, 1.807) is 18.2 Å². The van der Waals surface area contributed by atoms with Crippen LogP contribution in [-0.4, -0.2) is 38.5 Å². The van der Waals surface area contributed by atoms with Gasteiger partial charge in [-0.25, -0.2) is 4.39 Å². The summed E-state index contributed by atoms with van der Waals surface area (Å²) in [5, 5.41) is 22.4. The summed E-state index contributed by atoms with van der Waals surface area (Å²) in [5.74, 6) is 1.38. The van der Waals surface area contributed by atoms with Crippen molar-refractivity contribution in [3.63, 3.8) is 0 Å². The Kier molecular flexibility index (Phi) is 7.41. The number of aromatic nitrogens is 3. The van der Waals surface area contributed by atoms with Crippen LogP contribution < -0.4 is 10.1 Å². The Balaban J connectivity index is 1.39. The Bertz CT molecular complexity index is 1220. The third-order valence-corrected chi connectivity index (χ3v) is 6.55. The smallest absolute Gasteiger partial charge is 0.311 e. The first-order valence-corrected chi connectivity index (χ1v) is 12.0. The van der Waals surface area contributed by atoms with Crippen LogP contribution in [0.1, 0.15) is 30.7 Å². The molecule has 1 amide bonds. The number of nitro groups is 1. The summed E-state index contributed by atoms with van der Waals surface area (Å²) in [6.45, 7) is 0.744. The van der Waals surface area contributed by atoms with Crippen LogP contribution in [0.2, 0.25) is 0 Å². The number of halogens is 1. The first-order chi connectivity index (χ1) is 16.5. The molecule has 4 rings (SSSR count). The maximum absolute atomic E-state index is 14.6. The number of methoxy groups -OCH3 is 1. The molecule has 11 heteroatoms. The summed E-state index contributed by atoms with van der Waals surface area (Å²) < 4.78 is 21.6. The number of rotatable bonds is 8. The molecule has 178 valence electrons. The van der Waals surface area contributed by atoms with E-state index < -0.39 is 10.7 Å². The van der Waals surface area contributed by atoms with Crippen LogP contribution in [0.5, 0.6) is 5.75 Å². The number of ether oxygens (including phenoxy) is 1. The second kappa shape index (κ2) is 10.6. The number of thioether (sulfide) groups is 1. The fourth-order valence-corrected chi connectivity index (χ4v) is 4.66. The fourth-order valence-electron chi connectivity index (χ4n) is 3.89. The topological polar surface area (TPSA) is 112 Å². The highest BCUT2D eigenvalue weighted by atomic mass is 32.2. The van der Waals surface area contributed by atoms with Crippen molar-refractivity contribution in [2.75, 3.05) is 18.2 Å². The molecule has 0 saturated carbocycles. The number of carbonyl (C=O) groups is 1. The molecule has 0 radical (unpaired) electrons. The number of benzene rings is 2. The Morgan fingerprint density at radius 1 is 1.24 bits per heavy atom. The third-order valence-electron chi connectivity index (χ3n) is 5.54. The minimum atomic E-state index is -0.500. The SMILES string of the molecule is COc1ccc(CSCC(=O)Nc2ccc(F)c(-c3nnc4n3CCCCC4)c2)cc1[N+](=O)[O-]. The quantitative estimate of drug-likeness (QED) is 0.367. The third kappa shape index (κ3) is 5.36. The first-order valence-electron chi connectivity index (χ1n) is 10.9. The van der Waals surface area contributed by atoms with Crippen molar-refractivity contribution in [2.24, 2.45) is 0 Å². The summed E-state index contributed by atoms with van der Waals surface area (Å²) in [7, 11) is 1.38. The van der Waals surface area contributed by atoms with Crippen LogP contribution in [0, 0.1) is 15.9 Å². The predicted molar refractivity (Wildman–Crippen MR) is 127 cm³/mol. The molecule has 34 heavy (non-hydrogen) atoms. The zero-order chi connectivity index (χ0) is 24.1. The van der Waals surface area contributed by atoms with Gasteiger partial charge in [-0.1, -0.05) is 12.5 Å². The van der Waals surface area contributed by atoms with Crippen molar-refractivity contribution < 1.29 is 18.8 Å². The van der Waals surface area contributed by atoms with Crippen LogP contribution in [0.25, 0.3) is 11.4 Å². The molecule has 3 aromatic rings. The van der Waals surface area contributed by atoms with Crippen molar-refractivity contribution in [1.29, 1.82) is 0 Å². The minimum Gasteiger partial charge on any atom is -0.490 e. The number of nitrogens with one attached hydrogen (secondary N) is 1. The molecule has 9 nitrogen and oxygen atoms in total. The Morgan fingerprint density at radius 2 is 2.09 bits per heavy atom. The number of hydrogen-bond acceptors (Lipinski definition) is 7. The fraction of sp³-hybridized carbons (Fsp3) is 0.348. The van der Waals surface area contributed by atoms with Gasteiger partial charge in [0.2, 0.25) is 5.91 Å². The van der Waals surface area contributed by atoms with E-state index in [4.69, 9.17) is 4.74 Å². The molecule has 1 N–H and O–H groups in total. The first kappa shape index (κ1) is 23.7. The summed E-state index contributed by atoms with van der Waals surface area (Å²) in [4.78, 5) is 23.1. The Hall–Kier alpha value is -3.47. The molecule has 0 bridgehead atoms. The van der Waals surface area contributed by atoms with Crippen molar-refractivity contribution in [3.8, 4) is 17.1 Å². The van der Waals surface area contributed by atoms with Gasteiger partial charge in [0.1, 0.15) is 11.6 Å². The molecule has 0 fully saturated rings. The number of carbonyl (C=O) groups excluding carboxylic acids is 1. The molecular formula is C23H24FN5O4S. The van der Waals surface area contributed by atoms with Gasteiger partial charge in [-0.2, -0.15) is 0 Å². The van der Waals surface area contributed by atoms with E-state index in [0.29, 0.717) is 28.4 Å². The van der Waals surface area contributed by atoms with E-state index >= 15 is 0 Å². The lowest BCUT2D eigenvalue weighted by Gasteiger charge is -2.10. The minimum absolute atomic E-state index is 0.115. The number of hydrogen-bond donors (Lipinski definition) is 1. The number of fused-ring (bicyclic) bond motifs is 1. The number of anilines is 1. The van der Waals surface area contributed by atoms with Gasteiger partial charge in [0.25, 0.3) is 0 Å². The van der Waals surface area contributed by atoms with Crippen molar-refractivity contribution in [1.82, 2.24) is 14.8 Å². The maximum atomic E-state index is 14.6. The predicted octanol–water partition coefficient (Wildman–Crippen LogP) is 4.60. The van der Waals surface area contributed by atoms with Gasteiger partial charge in [-0.05, 0) is 42.7 Å². The number of amides is 1. The average molecular weight is 486 g/mol. The van der Waals surface area contributed by atoms with Gasteiger partial charge < -0.3 is 14.6 Å². The molecule has 2 heterocycles. The molecule has 0 aliphatic carbocycles. The molecule has 0 spiro atoms. The molecule has 1 aliphatic heterocycles. The van der Waals surface area contributed by atoms with Crippen molar-refractivity contribution >= 4 is 29.0 Å². The normalized spacial score (nSPS) is 13.1. The second-order valence-corrected chi connectivity index (χ2v) is 8.89. The molecule has 1 aromatic heterocycles. The molecule has 0 unspecified atom stereocenters. The zero-order valence-electron chi connectivity index (χ0n) is 18.6. The van der Waals surface area contributed by atoms with Gasteiger partial charge in [-0.3, -0.25) is 14.9 Å². The average Bonchev–Trinajstić information content (AvgIpc) is 3.07. The van der Waals surface area contributed by atoms with Crippen molar-refractivity contribution in [3.05, 3.63) is 63.7 Å². The Morgan fingerprint density at radius 3 is 2.88 bits per heavy atom. The van der Waals surface area contributed by atoms with Gasteiger partial charge in [0, 0.05) is 30.5 Å². The van der Waals surface area contributed by atoms with E-state index in [-0.39, 0.29) is 23.1 Å². The highest BCUT2D eigenvalue weighted by Crippen LogP contribution is 2.30. The summed E-state index contributed by atoms with van der Waals surface area (Å²) >= 11 is 1.32. The van der Waals surface area contributed by atoms with Gasteiger partial charge in [0.15, 0.2) is 11.6 Å². The molecular weight excluding hydrogens is 461 g/mol. The summed E-state index contributed by atoms with van der Waals surface area (Å²) in [6.07, 6.45) is 3.95. The Labute approximate surface area is 199 Å². The summed E-state index contributed by atoms with van der Waals surface area (Å²) in [6, 6.07) is 9.11. The number of nitrogens with zero attached hydrogens (tertiary/aromatic N) is 4. The molecule has 1 aliphatic rings. The second-order valence-electron chi connectivity index (χ2n) is 7.90. The zero-order valence-corrected chi connectivity index (χ0v) is 19.4. The number of aryl methyl sites for hydroxylation is 1. The van der Waals surface area contributed by atoms with Gasteiger partial charge in [-0.15, -0.1) is 22.0 Å². The lowest BCUT2D eigenvalue weighted by molar-refractivity contribution is -0.385. The lowest BCUT2D eigenvalue weighted by Crippen LogP contribution is -2.14. The molecule has 2 aromatic carbocycles. The van der Waals surface area contributed by atoms with Crippen LogP contribution in [0.4, 0.5) is 15.8 Å². The van der Waals surface area contributed by atoms with Crippen molar-refractivity contribution in [2.45, 2.75) is 38.0 Å². The monoisotopic (exact) mass is 485 g/mol. The van der Waals surface area contributed by atoms with Crippen LogP contribution in [0.3, 0.4) is 0 Å². The largest absolute Gasteiger partial charge is 0.490 e. The van der Waals surface area contributed by atoms with Crippen LogP contribution >= 0.6 is 11.8 Å². The molecule has 0 atom stereocenters. The lowest BCUT2D eigenvalue weighted by atomic mass is 10.1. The van der Waals surface area contributed by atoms with Crippen LogP contribution in [0.15, 0.2) is 36.4 Å². The van der Waals surface area contributed by atoms with E-state index in [2.05, 4.69) is 15.5 Å². The maximum Gasteiger partial charge on any atom is 0.311 e. The van der Waals surface area contributed by atoms with Crippen LogP contribution in [-0.2, 0) is 23.5 Å². The van der Waals surface area contributed by atoms with E-state index in [1.165, 1.54) is 37.1 Å². The van der Waals surface area contributed by atoms with E-state index in [9.17, 15) is 19.3 Å². The standard InChI is InChI=1S/C23H24FN5O4S/c1-33-20-9-6-15(11-19(20)29(31)32)13-34-14-22(30)25-16-7-8-18(24)17(12-16)23-27-26-21-5-3-2-4-10-28(21)23/h6-9,11-12H,2-5,10,13-14H2,1H3,(H,25,30). The van der Waals surface area contributed by atoms with Gasteiger partial charge >= 0.3 is 5.69 Å². The molecule has 0 saturated heterocycles. The highest BCUT2D eigenvalue weighted by molar-refractivity contribution is 7.99. The number of nitro benzene ring substituents is 1. The summed E-state index contributed by atoms with van der Waals surface area (Å²) in [5.41, 5.74) is 1.36. The van der Waals surface area contributed by atoms with E-state index in [0.717, 1.165) is 38.1 Å². The van der Waals surface area contributed by atoms with E-state index in [1.807, 2.05) is 4.57 Å². The van der Waals surface area contributed by atoms with Gasteiger partial charge in [0.05, 0.1) is 23.3 Å².